The van der Waals surface area contributed by atoms with Gasteiger partial charge in [0, 0.05) is 24.1 Å². The van der Waals surface area contributed by atoms with Gasteiger partial charge in [-0.3, -0.25) is 4.21 Å². The molecule has 0 saturated carbocycles. The van der Waals surface area contributed by atoms with Gasteiger partial charge >= 0.3 is 6.03 Å². The molecular weight excluding hydrogens is 319 g/mol. The molecule has 0 aromatic heterocycles. The maximum Gasteiger partial charge on any atom is 0.319 e. The van der Waals surface area contributed by atoms with E-state index in [9.17, 15) is 13.4 Å². The van der Waals surface area contributed by atoms with Gasteiger partial charge in [0.2, 0.25) is 0 Å². The van der Waals surface area contributed by atoms with E-state index in [4.69, 9.17) is 4.74 Å². The number of hydrogen-bond acceptors (Lipinski definition) is 3. The number of methoxy groups -OCH3 is 1. The Balaban J connectivity index is 1.80. The van der Waals surface area contributed by atoms with Gasteiger partial charge in [-0.05, 0) is 24.3 Å². The summed E-state index contributed by atoms with van der Waals surface area (Å²) in [6, 6.07) is 12.4. The topological polar surface area (TPSA) is 67.4 Å². The van der Waals surface area contributed by atoms with Gasteiger partial charge in [-0.25, -0.2) is 9.18 Å². The Hall–Kier alpha value is -2.41. The molecule has 0 heterocycles. The zero-order valence-electron chi connectivity index (χ0n) is 12.5. The minimum atomic E-state index is -1.50. The third kappa shape index (κ3) is 5.07. The average Bonchev–Trinajstić information content (AvgIpc) is 2.55. The number of nitrogens with one attached hydrogen (secondary N) is 2. The molecule has 2 rings (SSSR count). The van der Waals surface area contributed by atoms with Crippen molar-refractivity contribution in [3.63, 3.8) is 0 Å². The molecule has 0 radical (unpaired) electrons. The highest BCUT2D eigenvalue weighted by atomic mass is 32.2. The van der Waals surface area contributed by atoms with Crippen LogP contribution in [0.5, 0.6) is 5.75 Å². The SMILES string of the molecule is COc1cccc(NC(=O)NCC[S@](=O)c2ccccc2F)c1. The molecule has 0 aliphatic heterocycles. The first-order valence-corrected chi connectivity index (χ1v) is 8.24. The zero-order chi connectivity index (χ0) is 16.7. The number of carbonyl (C=O) groups excluding carboxylic acids is 1. The Kier molecular flexibility index (Phi) is 6.10. The van der Waals surface area contributed by atoms with Gasteiger partial charge in [0.1, 0.15) is 11.6 Å². The number of rotatable bonds is 6. The second-order valence-electron chi connectivity index (χ2n) is 4.59. The molecule has 0 bridgehead atoms. The number of hydrogen-bond donors (Lipinski definition) is 2. The number of ether oxygens (including phenoxy) is 1. The van der Waals surface area contributed by atoms with Crippen molar-refractivity contribution >= 4 is 22.5 Å². The van der Waals surface area contributed by atoms with Gasteiger partial charge < -0.3 is 15.4 Å². The van der Waals surface area contributed by atoms with Crippen molar-refractivity contribution in [1.29, 1.82) is 0 Å². The van der Waals surface area contributed by atoms with Crippen LogP contribution in [-0.2, 0) is 10.8 Å². The zero-order valence-corrected chi connectivity index (χ0v) is 13.4. The summed E-state index contributed by atoms with van der Waals surface area (Å²) in [5.74, 6) is 0.252. The average molecular weight is 336 g/mol. The summed E-state index contributed by atoms with van der Waals surface area (Å²) in [6.07, 6.45) is 0. The minimum absolute atomic E-state index is 0.131. The number of amides is 2. The molecule has 0 spiro atoms. The van der Waals surface area contributed by atoms with Crippen LogP contribution in [0, 0.1) is 5.82 Å². The van der Waals surface area contributed by atoms with E-state index in [0.29, 0.717) is 11.4 Å². The summed E-state index contributed by atoms with van der Waals surface area (Å²) in [4.78, 5) is 11.9. The van der Waals surface area contributed by atoms with Crippen LogP contribution in [0.3, 0.4) is 0 Å². The molecule has 0 unspecified atom stereocenters. The van der Waals surface area contributed by atoms with E-state index in [2.05, 4.69) is 10.6 Å². The Morgan fingerprint density at radius 1 is 1.22 bits per heavy atom. The van der Waals surface area contributed by atoms with Crippen LogP contribution in [-0.4, -0.2) is 29.6 Å². The summed E-state index contributed by atoms with van der Waals surface area (Å²) in [5.41, 5.74) is 0.581. The maximum atomic E-state index is 13.5. The molecule has 1 atom stereocenters. The molecule has 2 N–H and O–H groups in total. The normalized spacial score (nSPS) is 11.6. The molecule has 2 aromatic carbocycles. The molecule has 122 valence electrons. The molecule has 23 heavy (non-hydrogen) atoms. The van der Waals surface area contributed by atoms with E-state index >= 15 is 0 Å². The summed E-state index contributed by atoms with van der Waals surface area (Å²) < 4.78 is 30.5. The van der Waals surface area contributed by atoms with Crippen LogP contribution in [0.1, 0.15) is 0 Å². The molecule has 0 aliphatic carbocycles. The first-order valence-electron chi connectivity index (χ1n) is 6.92. The smallest absolute Gasteiger partial charge is 0.319 e. The van der Waals surface area contributed by atoms with Crippen molar-refractivity contribution in [2.45, 2.75) is 4.90 Å². The molecule has 2 aromatic rings. The van der Waals surface area contributed by atoms with Crippen molar-refractivity contribution < 1.29 is 18.1 Å². The Labute approximate surface area is 136 Å². The Bertz CT molecular complexity index is 709. The number of urea groups is 1. The highest BCUT2D eigenvalue weighted by Gasteiger charge is 2.09. The van der Waals surface area contributed by atoms with Gasteiger partial charge in [0.05, 0.1) is 22.8 Å². The number of carbonyl (C=O) groups is 1. The number of benzene rings is 2. The lowest BCUT2D eigenvalue weighted by Crippen LogP contribution is -2.32. The predicted molar refractivity (Wildman–Crippen MR) is 87.7 cm³/mol. The lowest BCUT2D eigenvalue weighted by molar-refractivity contribution is 0.252. The predicted octanol–water partition coefficient (Wildman–Crippen LogP) is 2.76. The highest BCUT2D eigenvalue weighted by Crippen LogP contribution is 2.16. The second-order valence-corrected chi connectivity index (χ2v) is 6.13. The maximum absolute atomic E-state index is 13.5. The van der Waals surface area contributed by atoms with E-state index < -0.39 is 22.6 Å². The first kappa shape index (κ1) is 17.0. The third-order valence-corrected chi connectivity index (χ3v) is 4.38. The van der Waals surface area contributed by atoms with Gasteiger partial charge in [-0.1, -0.05) is 18.2 Å². The first-order chi connectivity index (χ1) is 11.1. The molecule has 7 heteroatoms. The Morgan fingerprint density at radius 3 is 2.74 bits per heavy atom. The van der Waals surface area contributed by atoms with Crippen molar-refractivity contribution in [1.82, 2.24) is 5.32 Å². The van der Waals surface area contributed by atoms with Crippen LogP contribution >= 0.6 is 0 Å². The summed E-state index contributed by atoms with van der Waals surface area (Å²) in [5, 5.41) is 5.22. The summed E-state index contributed by atoms with van der Waals surface area (Å²) in [7, 11) is 0.0384. The minimum Gasteiger partial charge on any atom is -0.497 e. The standard InChI is InChI=1S/C16H17FN2O3S/c1-22-13-6-4-5-12(11-13)19-16(20)18-9-10-23(21)15-8-3-2-7-14(15)17/h2-8,11H,9-10H2,1H3,(H2,18,19,20)/t23-/m0/s1. The molecule has 5 nitrogen and oxygen atoms in total. The molecule has 0 saturated heterocycles. The van der Waals surface area contributed by atoms with Gasteiger partial charge in [0.15, 0.2) is 0 Å². The van der Waals surface area contributed by atoms with Gasteiger partial charge in [0.25, 0.3) is 0 Å². The van der Waals surface area contributed by atoms with E-state index in [1.807, 2.05) is 0 Å². The van der Waals surface area contributed by atoms with E-state index in [-0.39, 0.29) is 17.2 Å². The van der Waals surface area contributed by atoms with Crippen LogP contribution in [0.15, 0.2) is 53.4 Å². The fourth-order valence-electron chi connectivity index (χ4n) is 1.87. The molecule has 0 aliphatic rings. The third-order valence-electron chi connectivity index (χ3n) is 2.98. The van der Waals surface area contributed by atoms with Crippen molar-refractivity contribution in [3.8, 4) is 5.75 Å². The van der Waals surface area contributed by atoms with Crippen LogP contribution in [0.2, 0.25) is 0 Å². The number of halogens is 1. The lowest BCUT2D eigenvalue weighted by atomic mass is 10.3. The van der Waals surface area contributed by atoms with Crippen molar-refractivity contribution in [2.24, 2.45) is 0 Å². The number of anilines is 1. The van der Waals surface area contributed by atoms with Crippen LogP contribution < -0.4 is 15.4 Å². The van der Waals surface area contributed by atoms with Gasteiger partial charge in [-0.2, -0.15) is 0 Å². The van der Waals surface area contributed by atoms with Crippen molar-refractivity contribution in [3.05, 3.63) is 54.3 Å². The van der Waals surface area contributed by atoms with E-state index in [1.54, 1.807) is 30.3 Å². The molecule has 2 amide bonds. The second kappa shape index (κ2) is 8.28. The van der Waals surface area contributed by atoms with Gasteiger partial charge in [-0.15, -0.1) is 0 Å². The fraction of sp³-hybridized carbons (Fsp3) is 0.188. The van der Waals surface area contributed by atoms with E-state index in [1.165, 1.54) is 25.3 Å². The highest BCUT2D eigenvalue weighted by molar-refractivity contribution is 7.85. The summed E-state index contributed by atoms with van der Waals surface area (Å²) >= 11 is 0. The van der Waals surface area contributed by atoms with Crippen LogP contribution in [0.25, 0.3) is 0 Å². The Morgan fingerprint density at radius 2 is 2.00 bits per heavy atom. The monoisotopic (exact) mass is 336 g/mol. The van der Waals surface area contributed by atoms with Crippen LogP contribution in [0.4, 0.5) is 14.9 Å². The lowest BCUT2D eigenvalue weighted by Gasteiger charge is -2.09. The van der Waals surface area contributed by atoms with Crippen molar-refractivity contribution in [2.75, 3.05) is 24.7 Å². The quantitative estimate of drug-likeness (QED) is 0.852. The van der Waals surface area contributed by atoms with E-state index in [0.717, 1.165) is 0 Å². The summed E-state index contributed by atoms with van der Waals surface area (Å²) in [6.45, 7) is 0.163. The fourth-order valence-corrected chi connectivity index (χ4v) is 2.90. The molecule has 0 fully saturated rings. The largest absolute Gasteiger partial charge is 0.497 e. The molecular formula is C16H17FN2O3S.